The highest BCUT2D eigenvalue weighted by Crippen LogP contribution is 2.43. The van der Waals surface area contributed by atoms with Crippen molar-refractivity contribution in [1.29, 1.82) is 0 Å². The number of benzene rings is 4. The molecule has 8 nitrogen and oxygen atoms in total. The summed E-state index contributed by atoms with van der Waals surface area (Å²) < 4.78 is 73.1. The maximum Gasteiger partial charge on any atom is 0.471 e. The van der Waals surface area contributed by atoms with Crippen molar-refractivity contribution in [3.05, 3.63) is 74.7 Å². The van der Waals surface area contributed by atoms with Gasteiger partial charge in [-0.15, -0.1) is 10.2 Å². The Bertz CT molecular complexity index is 1790. The molecule has 208 valence electrons. The Morgan fingerprint density at radius 1 is 0.850 bits per heavy atom. The number of azo groups is 1. The number of carbonyl (C=O) groups is 1. The van der Waals surface area contributed by atoms with Gasteiger partial charge < -0.3 is 11.1 Å². The van der Waals surface area contributed by atoms with Crippen molar-refractivity contribution in [3.63, 3.8) is 0 Å². The van der Waals surface area contributed by atoms with Crippen LogP contribution in [-0.2, 0) is 14.9 Å². The number of nitrogens with zero attached hydrogens (tertiary/aromatic N) is 2. The molecule has 0 saturated carbocycles. The van der Waals surface area contributed by atoms with E-state index in [1.54, 1.807) is 5.32 Å². The first-order valence-corrected chi connectivity index (χ1v) is 13.6. The van der Waals surface area contributed by atoms with E-state index in [9.17, 15) is 30.9 Å². The summed E-state index contributed by atoms with van der Waals surface area (Å²) in [6.45, 7) is 0. The average Bonchev–Trinajstić information content (AvgIpc) is 2.85. The normalized spacial score (nSPS) is 12.3. The molecule has 4 rings (SSSR count). The molecule has 16 heteroatoms. The second kappa shape index (κ2) is 11.0. The fourth-order valence-corrected chi connectivity index (χ4v) is 5.38. The Morgan fingerprint density at radius 2 is 1.35 bits per heavy atom. The van der Waals surface area contributed by atoms with Crippen molar-refractivity contribution in [3.8, 4) is 11.1 Å². The molecular weight excluding hydrogens is 639 g/mol. The summed E-state index contributed by atoms with van der Waals surface area (Å²) in [7, 11) is -4.89. The third-order valence-electron chi connectivity index (χ3n) is 5.45. The second-order valence-corrected chi connectivity index (χ2v) is 11.1. The van der Waals surface area contributed by atoms with Gasteiger partial charge in [0.1, 0.15) is 16.3 Å². The second-order valence-electron chi connectivity index (χ2n) is 8.08. The molecule has 0 bridgehead atoms. The van der Waals surface area contributed by atoms with Crippen LogP contribution in [0.15, 0.2) is 69.7 Å². The van der Waals surface area contributed by atoms with E-state index in [1.807, 2.05) is 0 Å². The zero-order chi connectivity index (χ0) is 29.6. The van der Waals surface area contributed by atoms with Crippen LogP contribution >= 0.6 is 46.4 Å². The Morgan fingerprint density at radius 3 is 1.85 bits per heavy atom. The van der Waals surface area contributed by atoms with Gasteiger partial charge in [0, 0.05) is 10.8 Å². The van der Waals surface area contributed by atoms with Crippen molar-refractivity contribution >= 4 is 96.0 Å². The molecular formula is C24H13Cl4F3N4O4S. The first kappa shape index (κ1) is 29.8. The molecule has 0 fully saturated rings. The predicted molar refractivity (Wildman–Crippen MR) is 149 cm³/mol. The highest BCUT2D eigenvalue weighted by molar-refractivity contribution is 7.86. The quantitative estimate of drug-likeness (QED) is 0.113. The summed E-state index contributed by atoms with van der Waals surface area (Å²) in [5.74, 6) is -2.35. The molecule has 0 aliphatic rings. The minimum atomic E-state index is -5.28. The van der Waals surface area contributed by atoms with Crippen molar-refractivity contribution in [1.82, 2.24) is 0 Å². The number of nitrogens with two attached hydrogens (primary N) is 1. The lowest BCUT2D eigenvalue weighted by atomic mass is 10.0. The predicted octanol–water partition coefficient (Wildman–Crippen LogP) is 8.87. The molecule has 1 amide bonds. The number of anilines is 2. The Kier molecular flexibility index (Phi) is 8.23. The summed E-state index contributed by atoms with van der Waals surface area (Å²) in [6.07, 6.45) is -5.28. The van der Waals surface area contributed by atoms with E-state index in [0.29, 0.717) is 11.1 Å². The first-order chi connectivity index (χ1) is 18.6. The molecule has 4 N–H and O–H groups in total. The van der Waals surface area contributed by atoms with Gasteiger partial charge in [-0.3, -0.25) is 9.35 Å². The van der Waals surface area contributed by atoms with Crippen LogP contribution in [0, 0.1) is 0 Å². The molecule has 0 atom stereocenters. The molecule has 0 saturated heterocycles. The lowest BCUT2D eigenvalue weighted by molar-refractivity contribution is -0.167. The van der Waals surface area contributed by atoms with Gasteiger partial charge in [-0.2, -0.15) is 21.6 Å². The molecule has 0 heterocycles. The van der Waals surface area contributed by atoms with Gasteiger partial charge in [-0.25, -0.2) is 0 Å². The number of hydrogen-bond donors (Lipinski definition) is 3. The van der Waals surface area contributed by atoms with Crippen molar-refractivity contribution in [2.75, 3.05) is 11.1 Å². The Labute approximate surface area is 244 Å². The number of halogens is 7. The summed E-state index contributed by atoms with van der Waals surface area (Å²) in [5.41, 5.74) is 5.67. The van der Waals surface area contributed by atoms with Gasteiger partial charge >= 0.3 is 12.1 Å². The summed E-state index contributed by atoms with van der Waals surface area (Å²) in [6, 6.07) is 11.9. The van der Waals surface area contributed by atoms with E-state index >= 15 is 0 Å². The van der Waals surface area contributed by atoms with E-state index in [-0.39, 0.29) is 42.2 Å². The number of hydrogen-bond acceptors (Lipinski definition) is 6. The highest BCUT2D eigenvalue weighted by Gasteiger charge is 2.39. The maximum atomic E-state index is 13.1. The SMILES string of the molecule is Nc1c(Cl)cc(-c2cc(Cl)c(/N=N/c3cc(S(=O)(=O)O)c4ccccc4c3NC(=O)C(F)(F)F)c(Cl)c2)cc1Cl. The fraction of sp³-hybridized carbons (Fsp3) is 0.0417. The average molecular weight is 652 g/mol. The number of rotatable bonds is 5. The largest absolute Gasteiger partial charge is 0.471 e. The zero-order valence-electron chi connectivity index (χ0n) is 19.4. The van der Waals surface area contributed by atoms with Crippen molar-refractivity contribution in [2.45, 2.75) is 11.1 Å². The molecule has 0 spiro atoms. The zero-order valence-corrected chi connectivity index (χ0v) is 23.2. The number of fused-ring (bicyclic) bond motifs is 1. The van der Waals surface area contributed by atoms with Crippen LogP contribution in [-0.4, -0.2) is 25.1 Å². The van der Waals surface area contributed by atoms with Gasteiger partial charge in [-0.05, 0) is 41.5 Å². The Hall–Kier alpha value is -3.13. The van der Waals surface area contributed by atoms with Crippen molar-refractivity contribution < 1.29 is 30.9 Å². The molecule has 0 aliphatic carbocycles. The molecule has 0 unspecified atom stereocenters. The van der Waals surface area contributed by atoms with Crippen molar-refractivity contribution in [2.24, 2.45) is 10.2 Å². The van der Waals surface area contributed by atoms with E-state index < -0.39 is 38.5 Å². The van der Waals surface area contributed by atoms with Crippen LogP contribution in [0.1, 0.15) is 0 Å². The van der Waals surface area contributed by atoms with E-state index in [2.05, 4.69) is 10.2 Å². The minimum Gasteiger partial charge on any atom is -0.396 e. The summed E-state index contributed by atoms with van der Waals surface area (Å²) in [4.78, 5) is 11.1. The highest BCUT2D eigenvalue weighted by atomic mass is 35.5. The van der Waals surface area contributed by atoms with Crippen LogP contribution in [0.25, 0.3) is 21.9 Å². The fourth-order valence-electron chi connectivity index (χ4n) is 3.62. The van der Waals surface area contributed by atoms with Gasteiger partial charge in [0.2, 0.25) is 0 Å². The first-order valence-electron chi connectivity index (χ1n) is 10.6. The van der Waals surface area contributed by atoms with Gasteiger partial charge in [0.15, 0.2) is 0 Å². The number of alkyl halides is 3. The standard InChI is InChI=1S/C24H13Cl4F3N4O4S/c25-14-5-10(6-15(26)20(14)32)11-7-16(27)22(17(28)8-11)35-34-18-9-19(40(37,38)39)12-3-1-2-4-13(12)21(18)33-23(36)24(29,30)31/h1-9H,32H2,(H,33,36)(H,37,38,39)/b35-34+. The minimum absolute atomic E-state index is 0.0630. The Balaban J connectivity index is 1.88. The molecule has 0 aromatic heterocycles. The molecule has 0 radical (unpaired) electrons. The van der Waals surface area contributed by atoms with Crippen LogP contribution in [0.5, 0.6) is 0 Å². The molecule has 0 aliphatic heterocycles. The smallest absolute Gasteiger partial charge is 0.396 e. The monoisotopic (exact) mass is 650 g/mol. The van der Waals surface area contributed by atoms with E-state index in [1.165, 1.54) is 48.5 Å². The van der Waals surface area contributed by atoms with Gasteiger partial charge in [-0.1, -0.05) is 70.7 Å². The van der Waals surface area contributed by atoms with E-state index in [4.69, 9.17) is 52.1 Å². The topological polar surface area (TPSA) is 134 Å². The van der Waals surface area contributed by atoms with E-state index in [0.717, 1.165) is 6.07 Å². The molecule has 40 heavy (non-hydrogen) atoms. The lowest BCUT2D eigenvalue weighted by Gasteiger charge is -2.15. The van der Waals surface area contributed by atoms with Gasteiger partial charge in [0.05, 0.1) is 31.5 Å². The van der Waals surface area contributed by atoms with Crippen LogP contribution in [0.4, 0.5) is 35.9 Å². The summed E-state index contributed by atoms with van der Waals surface area (Å²) >= 11 is 24.9. The van der Waals surface area contributed by atoms with Gasteiger partial charge in [0.25, 0.3) is 10.1 Å². The number of nitrogens with one attached hydrogen (secondary N) is 1. The van der Waals surface area contributed by atoms with Crippen LogP contribution in [0.2, 0.25) is 20.1 Å². The summed E-state index contributed by atoms with van der Waals surface area (Å²) in [5, 5.41) is 9.31. The maximum absolute atomic E-state index is 13.1. The number of amides is 1. The third kappa shape index (κ3) is 6.12. The number of carbonyl (C=O) groups excluding carboxylic acids is 1. The molecule has 4 aromatic carbocycles. The van der Waals surface area contributed by atoms with Crippen LogP contribution < -0.4 is 11.1 Å². The molecule has 4 aromatic rings. The van der Waals surface area contributed by atoms with Crippen LogP contribution in [0.3, 0.4) is 0 Å². The third-order valence-corrected chi connectivity index (χ3v) is 7.54. The lowest BCUT2D eigenvalue weighted by Crippen LogP contribution is -2.30. The number of nitrogen functional groups attached to an aromatic ring is 1.